The first-order valence-electron chi connectivity index (χ1n) is 5.10. The molecule has 1 aromatic carbocycles. The van der Waals surface area contributed by atoms with Crippen molar-refractivity contribution in [2.75, 3.05) is 6.54 Å². The second-order valence-corrected chi connectivity index (χ2v) is 3.89. The fourth-order valence-corrected chi connectivity index (χ4v) is 1.61. The van der Waals surface area contributed by atoms with Crippen LogP contribution in [0.25, 0.3) is 0 Å². The number of rotatable bonds is 4. The van der Waals surface area contributed by atoms with Crippen LogP contribution < -0.4 is 5.73 Å². The molecule has 0 fully saturated rings. The molecule has 2 atom stereocenters. The normalized spacial score (nSPS) is 15.1. The van der Waals surface area contributed by atoms with Crippen molar-refractivity contribution in [3.05, 3.63) is 35.6 Å². The first kappa shape index (κ1) is 11.2. The molecule has 14 heavy (non-hydrogen) atoms. The molecule has 2 unspecified atom stereocenters. The Bertz CT molecular complexity index is 268. The minimum Gasteiger partial charge on any atom is -0.330 e. The molecule has 0 saturated heterocycles. The van der Waals surface area contributed by atoms with Gasteiger partial charge in [0.2, 0.25) is 0 Å². The van der Waals surface area contributed by atoms with Crippen molar-refractivity contribution in [3.8, 4) is 0 Å². The average molecular weight is 195 g/mol. The molecule has 0 heterocycles. The molecular weight excluding hydrogens is 177 g/mol. The molecule has 0 bridgehead atoms. The van der Waals surface area contributed by atoms with Gasteiger partial charge in [-0.05, 0) is 42.5 Å². The maximum atomic E-state index is 12.7. The zero-order valence-corrected chi connectivity index (χ0v) is 8.83. The lowest BCUT2D eigenvalue weighted by atomic mass is 9.87. The van der Waals surface area contributed by atoms with Crippen LogP contribution in [0.1, 0.15) is 31.7 Å². The van der Waals surface area contributed by atoms with E-state index in [0.717, 1.165) is 6.42 Å². The molecule has 0 aliphatic rings. The molecule has 0 aromatic heterocycles. The summed E-state index contributed by atoms with van der Waals surface area (Å²) >= 11 is 0. The minimum absolute atomic E-state index is 0.174. The molecule has 1 rings (SSSR count). The molecule has 0 radical (unpaired) electrons. The van der Waals surface area contributed by atoms with Crippen LogP contribution in [0.2, 0.25) is 0 Å². The number of hydrogen-bond acceptors (Lipinski definition) is 1. The summed E-state index contributed by atoms with van der Waals surface area (Å²) in [4.78, 5) is 0. The Morgan fingerprint density at radius 3 is 2.29 bits per heavy atom. The van der Waals surface area contributed by atoms with E-state index in [4.69, 9.17) is 5.73 Å². The lowest BCUT2D eigenvalue weighted by Gasteiger charge is -2.19. The van der Waals surface area contributed by atoms with Gasteiger partial charge in [0.15, 0.2) is 0 Å². The van der Waals surface area contributed by atoms with Crippen LogP contribution in [0.15, 0.2) is 24.3 Å². The molecule has 0 amide bonds. The Balaban J connectivity index is 2.68. The summed E-state index contributed by atoms with van der Waals surface area (Å²) in [6.45, 7) is 5.06. The van der Waals surface area contributed by atoms with Crippen molar-refractivity contribution in [3.63, 3.8) is 0 Å². The molecule has 2 N–H and O–H groups in total. The highest BCUT2D eigenvalue weighted by atomic mass is 19.1. The van der Waals surface area contributed by atoms with Crippen molar-refractivity contribution in [1.82, 2.24) is 0 Å². The third kappa shape index (κ3) is 2.81. The van der Waals surface area contributed by atoms with E-state index in [1.165, 1.54) is 17.7 Å². The van der Waals surface area contributed by atoms with Crippen LogP contribution >= 0.6 is 0 Å². The van der Waals surface area contributed by atoms with Crippen molar-refractivity contribution in [2.45, 2.75) is 26.2 Å². The fraction of sp³-hybridized carbons (Fsp3) is 0.500. The van der Waals surface area contributed by atoms with Crippen LogP contribution in [-0.4, -0.2) is 6.54 Å². The lowest BCUT2D eigenvalue weighted by Crippen LogP contribution is -2.11. The smallest absolute Gasteiger partial charge is 0.123 e. The molecular formula is C12H18FN. The highest BCUT2D eigenvalue weighted by Crippen LogP contribution is 2.25. The van der Waals surface area contributed by atoms with Gasteiger partial charge in [-0.25, -0.2) is 4.39 Å². The molecule has 78 valence electrons. The van der Waals surface area contributed by atoms with E-state index in [9.17, 15) is 4.39 Å². The Hall–Kier alpha value is -0.890. The molecule has 1 aromatic rings. The summed E-state index contributed by atoms with van der Waals surface area (Å²) in [5, 5.41) is 0. The third-order valence-corrected chi connectivity index (χ3v) is 2.87. The second-order valence-electron chi connectivity index (χ2n) is 3.89. The van der Waals surface area contributed by atoms with E-state index in [2.05, 4.69) is 13.8 Å². The standard InChI is InChI=1S/C12H18FN/c1-9(7-8-14)10(2)11-3-5-12(13)6-4-11/h3-6,9-10H,7-8,14H2,1-2H3. The van der Waals surface area contributed by atoms with Gasteiger partial charge in [-0.1, -0.05) is 26.0 Å². The molecule has 0 aliphatic heterocycles. The Kier molecular flexibility index (Phi) is 4.08. The quantitative estimate of drug-likeness (QED) is 0.785. The first-order valence-corrected chi connectivity index (χ1v) is 5.10. The van der Waals surface area contributed by atoms with Gasteiger partial charge < -0.3 is 5.73 Å². The van der Waals surface area contributed by atoms with Gasteiger partial charge in [0, 0.05) is 0 Å². The van der Waals surface area contributed by atoms with Gasteiger partial charge in [-0.15, -0.1) is 0 Å². The number of nitrogens with two attached hydrogens (primary N) is 1. The lowest BCUT2D eigenvalue weighted by molar-refractivity contribution is 0.459. The molecule has 2 heteroatoms. The zero-order chi connectivity index (χ0) is 10.6. The molecule has 0 spiro atoms. The van der Waals surface area contributed by atoms with E-state index in [-0.39, 0.29) is 5.82 Å². The summed E-state index contributed by atoms with van der Waals surface area (Å²) in [5.41, 5.74) is 6.70. The molecule has 0 aliphatic carbocycles. The Morgan fingerprint density at radius 2 is 1.79 bits per heavy atom. The number of benzene rings is 1. The van der Waals surface area contributed by atoms with Gasteiger partial charge in [0.05, 0.1) is 0 Å². The largest absolute Gasteiger partial charge is 0.330 e. The summed E-state index contributed by atoms with van der Waals surface area (Å²) in [5.74, 6) is 0.817. The number of hydrogen-bond donors (Lipinski definition) is 1. The van der Waals surface area contributed by atoms with Gasteiger partial charge in [0.25, 0.3) is 0 Å². The maximum Gasteiger partial charge on any atom is 0.123 e. The monoisotopic (exact) mass is 195 g/mol. The molecule has 1 nitrogen and oxygen atoms in total. The van der Waals surface area contributed by atoms with Crippen LogP contribution in [0, 0.1) is 11.7 Å². The summed E-state index contributed by atoms with van der Waals surface area (Å²) in [6, 6.07) is 6.74. The van der Waals surface area contributed by atoms with E-state index in [0.29, 0.717) is 18.4 Å². The topological polar surface area (TPSA) is 26.0 Å². The van der Waals surface area contributed by atoms with Crippen molar-refractivity contribution in [2.24, 2.45) is 11.7 Å². The Labute approximate surface area is 85.1 Å². The van der Waals surface area contributed by atoms with Crippen molar-refractivity contribution >= 4 is 0 Å². The molecule has 0 saturated carbocycles. The summed E-state index contributed by atoms with van der Waals surface area (Å²) in [6.07, 6.45) is 1.01. The highest BCUT2D eigenvalue weighted by molar-refractivity contribution is 5.20. The SMILES string of the molecule is CC(CCN)C(C)c1ccc(F)cc1. The van der Waals surface area contributed by atoms with Crippen molar-refractivity contribution < 1.29 is 4.39 Å². The van der Waals surface area contributed by atoms with Crippen molar-refractivity contribution in [1.29, 1.82) is 0 Å². The third-order valence-electron chi connectivity index (χ3n) is 2.87. The predicted octanol–water partition coefficient (Wildman–Crippen LogP) is 2.91. The van der Waals surface area contributed by atoms with E-state index in [1.54, 1.807) is 0 Å². The number of halogens is 1. The zero-order valence-electron chi connectivity index (χ0n) is 8.83. The fourth-order valence-electron chi connectivity index (χ4n) is 1.61. The van der Waals surface area contributed by atoms with Crippen LogP contribution in [0.5, 0.6) is 0 Å². The average Bonchev–Trinajstić information content (AvgIpc) is 2.18. The predicted molar refractivity (Wildman–Crippen MR) is 57.7 cm³/mol. The van der Waals surface area contributed by atoms with Crippen LogP contribution in [0.4, 0.5) is 4.39 Å². The van der Waals surface area contributed by atoms with Gasteiger partial charge in [-0.3, -0.25) is 0 Å². The second kappa shape index (κ2) is 5.11. The van der Waals surface area contributed by atoms with E-state index in [1.807, 2.05) is 12.1 Å². The first-order chi connectivity index (χ1) is 6.65. The summed E-state index contributed by atoms with van der Waals surface area (Å²) < 4.78 is 12.7. The van der Waals surface area contributed by atoms with E-state index >= 15 is 0 Å². The minimum atomic E-state index is -0.174. The van der Waals surface area contributed by atoms with Crippen LogP contribution in [-0.2, 0) is 0 Å². The summed E-state index contributed by atoms with van der Waals surface area (Å²) in [7, 11) is 0. The highest BCUT2D eigenvalue weighted by Gasteiger charge is 2.13. The van der Waals surface area contributed by atoms with Gasteiger partial charge >= 0.3 is 0 Å². The van der Waals surface area contributed by atoms with E-state index < -0.39 is 0 Å². The van der Waals surface area contributed by atoms with Gasteiger partial charge in [0.1, 0.15) is 5.82 Å². The van der Waals surface area contributed by atoms with Crippen LogP contribution in [0.3, 0.4) is 0 Å². The maximum absolute atomic E-state index is 12.7. The van der Waals surface area contributed by atoms with Gasteiger partial charge in [-0.2, -0.15) is 0 Å². The Morgan fingerprint density at radius 1 is 1.21 bits per heavy atom.